The highest BCUT2D eigenvalue weighted by molar-refractivity contribution is 7.89. The number of fused-ring (bicyclic) bond motifs is 1. The van der Waals surface area contributed by atoms with Crippen LogP contribution in [0.15, 0.2) is 52.2 Å². The average molecular weight is 413 g/mol. The lowest BCUT2D eigenvalue weighted by molar-refractivity contribution is 0.580. The zero-order valence-electron chi connectivity index (χ0n) is 15.7. The van der Waals surface area contributed by atoms with Gasteiger partial charge in [-0.05, 0) is 35.9 Å². The van der Waals surface area contributed by atoms with Crippen LogP contribution < -0.4 is 15.4 Å². The molecule has 4 rings (SSSR count). The van der Waals surface area contributed by atoms with E-state index in [2.05, 4.69) is 25.5 Å². The number of H-pyrrole nitrogens is 1. The maximum Gasteiger partial charge on any atom is 0.238 e. The molecular formula is C18H19N7O3S. The van der Waals surface area contributed by atoms with Gasteiger partial charge < -0.3 is 14.6 Å². The minimum absolute atomic E-state index is 0.0484. The van der Waals surface area contributed by atoms with Gasteiger partial charge in [-0.25, -0.2) is 23.5 Å². The van der Waals surface area contributed by atoms with E-state index in [0.29, 0.717) is 34.9 Å². The zero-order valence-corrected chi connectivity index (χ0v) is 16.6. The van der Waals surface area contributed by atoms with Crippen LogP contribution in [0.2, 0.25) is 0 Å². The number of rotatable bonds is 6. The van der Waals surface area contributed by atoms with Crippen molar-refractivity contribution in [1.82, 2.24) is 20.2 Å². The number of nitrogens with two attached hydrogens (primary N) is 1. The smallest absolute Gasteiger partial charge is 0.238 e. The first-order chi connectivity index (χ1) is 13.8. The number of aromatic amines is 1. The molecule has 3 aromatic heterocycles. The van der Waals surface area contributed by atoms with E-state index in [1.165, 1.54) is 12.4 Å². The van der Waals surface area contributed by atoms with Crippen molar-refractivity contribution >= 4 is 32.6 Å². The number of nitrogens with zero attached hydrogens (tertiary/aromatic N) is 4. The SMILES string of the molecule is CN(C)c1ccc(S(N)(=O)=O)cc1CNc1ncnc2n[nH]c(-c3ccco3)c12. The van der Waals surface area contributed by atoms with E-state index in [-0.39, 0.29) is 4.90 Å². The maximum atomic E-state index is 11.8. The molecule has 0 saturated carbocycles. The van der Waals surface area contributed by atoms with E-state index in [0.717, 1.165) is 11.3 Å². The highest BCUT2D eigenvalue weighted by Crippen LogP contribution is 2.31. The number of benzene rings is 1. The van der Waals surface area contributed by atoms with E-state index < -0.39 is 10.0 Å². The largest absolute Gasteiger partial charge is 0.463 e. The van der Waals surface area contributed by atoms with Gasteiger partial charge in [0.05, 0.1) is 16.5 Å². The third-order valence-corrected chi connectivity index (χ3v) is 5.34. The summed E-state index contributed by atoms with van der Waals surface area (Å²) in [7, 11) is -0.0553. The molecule has 11 heteroatoms. The molecule has 0 saturated heterocycles. The molecule has 0 aliphatic rings. The molecule has 1 aromatic carbocycles. The van der Waals surface area contributed by atoms with Crippen molar-refractivity contribution in [1.29, 1.82) is 0 Å². The minimum Gasteiger partial charge on any atom is -0.463 e. The highest BCUT2D eigenvalue weighted by atomic mass is 32.2. The molecule has 0 amide bonds. The molecule has 0 bridgehead atoms. The van der Waals surface area contributed by atoms with Gasteiger partial charge in [-0.3, -0.25) is 5.10 Å². The summed E-state index contributed by atoms with van der Waals surface area (Å²) < 4.78 is 29.0. The first-order valence-electron chi connectivity index (χ1n) is 8.64. The van der Waals surface area contributed by atoms with Crippen LogP contribution in [-0.4, -0.2) is 42.7 Å². The summed E-state index contributed by atoms with van der Waals surface area (Å²) in [4.78, 5) is 10.5. The molecule has 150 valence electrons. The van der Waals surface area contributed by atoms with Gasteiger partial charge in [0.2, 0.25) is 10.0 Å². The quantitative estimate of drug-likeness (QED) is 0.435. The average Bonchev–Trinajstić information content (AvgIpc) is 3.34. The van der Waals surface area contributed by atoms with Crippen LogP contribution in [0.3, 0.4) is 0 Å². The Kier molecular flexibility index (Phi) is 4.68. The van der Waals surface area contributed by atoms with Crippen LogP contribution in [0.4, 0.5) is 11.5 Å². The summed E-state index contributed by atoms with van der Waals surface area (Å²) in [5, 5.41) is 16.3. The molecule has 3 heterocycles. The first-order valence-corrected chi connectivity index (χ1v) is 10.2. The number of anilines is 2. The third kappa shape index (κ3) is 3.65. The van der Waals surface area contributed by atoms with Gasteiger partial charge in [0, 0.05) is 26.3 Å². The van der Waals surface area contributed by atoms with Crippen molar-refractivity contribution in [3.63, 3.8) is 0 Å². The molecule has 0 fully saturated rings. The first kappa shape index (κ1) is 18.9. The maximum absolute atomic E-state index is 11.8. The number of furan rings is 1. The van der Waals surface area contributed by atoms with Crippen LogP contribution >= 0.6 is 0 Å². The Balaban J connectivity index is 1.73. The number of aromatic nitrogens is 4. The second kappa shape index (κ2) is 7.18. The Hall–Kier alpha value is -3.44. The lowest BCUT2D eigenvalue weighted by Gasteiger charge is -2.19. The monoisotopic (exact) mass is 413 g/mol. The summed E-state index contributed by atoms with van der Waals surface area (Å²) in [5.41, 5.74) is 2.74. The lowest BCUT2D eigenvalue weighted by Crippen LogP contribution is -2.16. The fourth-order valence-corrected chi connectivity index (χ4v) is 3.65. The second-order valence-electron chi connectivity index (χ2n) is 6.58. The number of sulfonamides is 1. The summed E-state index contributed by atoms with van der Waals surface area (Å²) in [5.74, 6) is 1.15. The van der Waals surface area contributed by atoms with Crippen LogP contribution in [0.25, 0.3) is 22.5 Å². The second-order valence-corrected chi connectivity index (χ2v) is 8.14. The number of nitrogens with one attached hydrogen (secondary N) is 2. The van der Waals surface area contributed by atoms with Gasteiger partial charge in [-0.15, -0.1) is 0 Å². The molecule has 29 heavy (non-hydrogen) atoms. The number of hydrogen-bond donors (Lipinski definition) is 3. The lowest BCUT2D eigenvalue weighted by atomic mass is 10.1. The van der Waals surface area contributed by atoms with Crippen LogP contribution in [0, 0.1) is 0 Å². The molecular weight excluding hydrogens is 394 g/mol. The van der Waals surface area contributed by atoms with Crippen molar-refractivity contribution in [3.8, 4) is 11.5 Å². The minimum atomic E-state index is -3.81. The van der Waals surface area contributed by atoms with Crippen molar-refractivity contribution in [2.75, 3.05) is 24.3 Å². The molecule has 0 atom stereocenters. The van der Waals surface area contributed by atoms with Gasteiger partial charge in [-0.2, -0.15) is 5.10 Å². The molecule has 0 aliphatic carbocycles. The summed E-state index contributed by atoms with van der Waals surface area (Å²) in [6, 6.07) is 8.35. The van der Waals surface area contributed by atoms with E-state index in [4.69, 9.17) is 9.56 Å². The highest BCUT2D eigenvalue weighted by Gasteiger charge is 2.17. The van der Waals surface area contributed by atoms with Crippen molar-refractivity contribution in [2.24, 2.45) is 5.14 Å². The fraction of sp³-hybridized carbons (Fsp3) is 0.167. The fourth-order valence-electron chi connectivity index (χ4n) is 3.08. The van der Waals surface area contributed by atoms with Crippen LogP contribution in [0.1, 0.15) is 5.56 Å². The van der Waals surface area contributed by atoms with Crippen molar-refractivity contribution in [2.45, 2.75) is 11.4 Å². The summed E-state index contributed by atoms with van der Waals surface area (Å²) in [6.07, 6.45) is 2.98. The van der Waals surface area contributed by atoms with Crippen LogP contribution in [-0.2, 0) is 16.6 Å². The van der Waals surface area contributed by atoms with E-state index in [9.17, 15) is 8.42 Å². The summed E-state index contributed by atoms with van der Waals surface area (Å²) in [6.45, 7) is 0.311. The Morgan fingerprint density at radius 1 is 1.24 bits per heavy atom. The third-order valence-electron chi connectivity index (χ3n) is 4.43. The van der Waals surface area contributed by atoms with Gasteiger partial charge >= 0.3 is 0 Å². The Morgan fingerprint density at radius 3 is 2.76 bits per heavy atom. The molecule has 4 N–H and O–H groups in total. The Morgan fingerprint density at radius 2 is 2.07 bits per heavy atom. The molecule has 0 spiro atoms. The van der Waals surface area contributed by atoms with Gasteiger partial charge in [0.1, 0.15) is 17.8 Å². The van der Waals surface area contributed by atoms with Crippen molar-refractivity contribution in [3.05, 3.63) is 48.5 Å². The summed E-state index contributed by atoms with van der Waals surface area (Å²) >= 11 is 0. The molecule has 0 aliphatic heterocycles. The predicted octanol–water partition coefficient (Wildman–Crippen LogP) is 1.94. The van der Waals surface area contributed by atoms with E-state index >= 15 is 0 Å². The molecule has 4 aromatic rings. The van der Waals surface area contributed by atoms with E-state index in [1.807, 2.05) is 25.1 Å². The zero-order chi connectivity index (χ0) is 20.6. The van der Waals surface area contributed by atoms with Gasteiger partial charge in [0.15, 0.2) is 11.4 Å². The van der Waals surface area contributed by atoms with Gasteiger partial charge in [-0.1, -0.05) is 0 Å². The van der Waals surface area contributed by atoms with Crippen LogP contribution in [0.5, 0.6) is 0 Å². The predicted molar refractivity (Wildman–Crippen MR) is 109 cm³/mol. The number of hydrogen-bond acceptors (Lipinski definition) is 8. The number of primary sulfonamides is 1. The molecule has 0 radical (unpaired) electrons. The topological polar surface area (TPSA) is 143 Å². The van der Waals surface area contributed by atoms with Crippen molar-refractivity contribution < 1.29 is 12.8 Å². The van der Waals surface area contributed by atoms with E-state index in [1.54, 1.807) is 24.5 Å². The molecule has 0 unspecified atom stereocenters. The normalized spacial score (nSPS) is 11.7. The standard InChI is InChI=1S/C18H19N7O3S/c1-25(2)13-6-5-12(29(19,26)27)8-11(13)9-20-17-15-16(14-4-3-7-28-14)23-24-18(15)22-10-21-17/h3-8,10H,9H2,1-2H3,(H2,19,26,27)(H2,20,21,22,23,24). The Labute approximate surface area is 166 Å². The molecule has 10 nitrogen and oxygen atoms in total. The Bertz CT molecular complexity index is 1260. The van der Waals surface area contributed by atoms with Gasteiger partial charge in [0.25, 0.3) is 0 Å².